The molecule has 5 heteroatoms. The first kappa shape index (κ1) is 22.7. The van der Waals surface area contributed by atoms with Gasteiger partial charge in [0.2, 0.25) is 0 Å². The van der Waals surface area contributed by atoms with Crippen LogP contribution >= 0.6 is 0 Å². The lowest BCUT2D eigenvalue weighted by Crippen LogP contribution is -2.08. The first-order chi connectivity index (χ1) is 16.5. The molecule has 0 bridgehead atoms. The summed E-state index contributed by atoms with van der Waals surface area (Å²) in [6.45, 7) is 3.93. The summed E-state index contributed by atoms with van der Waals surface area (Å²) in [6, 6.07) is 28.5. The molecule has 168 valence electrons. The van der Waals surface area contributed by atoms with Crippen LogP contribution in [0.2, 0.25) is 0 Å². The normalized spacial score (nSPS) is 10.8. The molecule has 5 nitrogen and oxygen atoms in total. The zero-order valence-corrected chi connectivity index (χ0v) is 18.9. The van der Waals surface area contributed by atoms with Crippen molar-refractivity contribution in [3.8, 4) is 11.5 Å². The Bertz CT molecular complexity index is 1200. The number of hydrogen-bond donors (Lipinski definition) is 0. The summed E-state index contributed by atoms with van der Waals surface area (Å²) in [4.78, 5) is 28.9. The fraction of sp³-hybridized carbons (Fsp3) is 0.0690. The number of aryl methyl sites for hydroxylation is 2. The largest absolute Gasteiger partial charge is 0.423 e. The third-order valence-corrected chi connectivity index (χ3v) is 5.08. The Morgan fingerprint density at radius 3 is 1.44 bits per heavy atom. The van der Waals surface area contributed by atoms with E-state index in [-0.39, 0.29) is 0 Å². The van der Waals surface area contributed by atoms with Crippen molar-refractivity contribution in [3.05, 3.63) is 125 Å². The summed E-state index contributed by atoms with van der Waals surface area (Å²) in [7, 11) is 0. The monoisotopic (exact) mass is 449 g/mol. The quantitative estimate of drug-likeness (QED) is 0.192. The minimum atomic E-state index is -0.403. The van der Waals surface area contributed by atoms with Crippen molar-refractivity contribution in [3.63, 3.8) is 0 Å². The molecule has 0 unspecified atom stereocenters. The van der Waals surface area contributed by atoms with Crippen molar-refractivity contribution in [1.82, 2.24) is 0 Å². The van der Waals surface area contributed by atoms with Crippen LogP contribution in [0.5, 0.6) is 11.5 Å². The summed E-state index contributed by atoms with van der Waals surface area (Å²) >= 11 is 0. The van der Waals surface area contributed by atoms with Gasteiger partial charge in [-0.05, 0) is 92.2 Å². The van der Waals surface area contributed by atoms with Crippen LogP contribution in [-0.2, 0) is 0 Å². The fourth-order valence-electron chi connectivity index (χ4n) is 3.08. The molecule has 0 aliphatic heterocycles. The Balaban J connectivity index is 1.33. The molecular formula is C29H23NO4. The highest BCUT2D eigenvalue weighted by Gasteiger charge is 2.09. The number of carbonyl (C=O) groups is 2. The molecule has 0 spiro atoms. The molecule has 0 saturated heterocycles. The van der Waals surface area contributed by atoms with Gasteiger partial charge in [0.15, 0.2) is 0 Å². The lowest BCUT2D eigenvalue weighted by atomic mass is 10.1. The third kappa shape index (κ3) is 6.04. The average Bonchev–Trinajstić information content (AvgIpc) is 2.85. The van der Waals surface area contributed by atoms with E-state index < -0.39 is 11.9 Å². The third-order valence-electron chi connectivity index (χ3n) is 5.08. The number of benzene rings is 4. The number of carbonyl (C=O) groups excluding carboxylic acids is 2. The van der Waals surface area contributed by atoms with Crippen molar-refractivity contribution in [1.29, 1.82) is 0 Å². The Morgan fingerprint density at radius 2 is 1.00 bits per heavy atom. The van der Waals surface area contributed by atoms with Crippen molar-refractivity contribution in [2.24, 2.45) is 4.99 Å². The molecule has 0 fully saturated rings. The summed E-state index contributed by atoms with van der Waals surface area (Å²) in [6.07, 6.45) is 1.71. The predicted octanol–water partition coefficient (Wildman–Crippen LogP) is 6.49. The van der Waals surface area contributed by atoms with E-state index in [0.29, 0.717) is 28.3 Å². The minimum absolute atomic E-state index is 0.399. The second kappa shape index (κ2) is 10.4. The minimum Gasteiger partial charge on any atom is -0.423 e. The summed E-state index contributed by atoms with van der Waals surface area (Å²) < 4.78 is 10.8. The molecule has 4 rings (SSSR count). The molecule has 0 radical (unpaired) electrons. The standard InChI is InChI=1S/C29H23NO4/c1-20-3-9-23(10-4-20)28(31)33-26-15-7-22(8-16-26)19-30-25-13-17-27(18-14-25)34-29(32)24-11-5-21(2)6-12-24/h3-19H,1-2H3/b30-19+. The molecule has 4 aromatic rings. The molecule has 34 heavy (non-hydrogen) atoms. The van der Waals surface area contributed by atoms with Gasteiger partial charge in [-0.2, -0.15) is 0 Å². The van der Waals surface area contributed by atoms with Crippen molar-refractivity contribution in [2.45, 2.75) is 13.8 Å². The van der Waals surface area contributed by atoms with Crippen molar-refractivity contribution in [2.75, 3.05) is 0 Å². The molecule has 0 saturated carbocycles. The van der Waals surface area contributed by atoms with Gasteiger partial charge >= 0.3 is 11.9 Å². The first-order valence-corrected chi connectivity index (χ1v) is 10.8. The van der Waals surface area contributed by atoms with Crippen LogP contribution in [0, 0.1) is 13.8 Å². The lowest BCUT2D eigenvalue weighted by Gasteiger charge is -2.05. The molecule has 0 aromatic heterocycles. The second-order valence-corrected chi connectivity index (χ2v) is 7.83. The van der Waals surface area contributed by atoms with Gasteiger partial charge in [0.05, 0.1) is 16.8 Å². The predicted molar refractivity (Wildman–Crippen MR) is 132 cm³/mol. The fourth-order valence-corrected chi connectivity index (χ4v) is 3.08. The SMILES string of the molecule is Cc1ccc(C(=O)Oc2ccc(/C=N/c3ccc(OC(=O)c4ccc(C)cc4)cc3)cc2)cc1. The maximum absolute atomic E-state index is 12.2. The van der Waals surface area contributed by atoms with Crippen LogP contribution < -0.4 is 9.47 Å². The summed E-state index contributed by atoms with van der Waals surface area (Å²) in [5.74, 6) is 0.107. The van der Waals surface area contributed by atoms with E-state index in [1.807, 2.05) is 50.2 Å². The molecule has 4 aromatic carbocycles. The van der Waals surface area contributed by atoms with Gasteiger partial charge in [-0.15, -0.1) is 0 Å². The van der Waals surface area contributed by atoms with Crippen molar-refractivity contribution < 1.29 is 19.1 Å². The summed E-state index contributed by atoms with van der Waals surface area (Å²) in [5.41, 5.74) is 4.73. The van der Waals surface area contributed by atoms with E-state index in [1.165, 1.54) is 0 Å². The number of esters is 2. The highest BCUT2D eigenvalue weighted by molar-refractivity contribution is 5.92. The van der Waals surface area contributed by atoms with Crippen LogP contribution in [0.25, 0.3) is 0 Å². The van der Waals surface area contributed by atoms with E-state index in [1.54, 1.807) is 66.9 Å². The topological polar surface area (TPSA) is 65.0 Å². The van der Waals surface area contributed by atoms with Crippen LogP contribution in [0.1, 0.15) is 37.4 Å². The van der Waals surface area contributed by atoms with Gasteiger partial charge in [-0.1, -0.05) is 35.4 Å². The van der Waals surface area contributed by atoms with Crippen LogP contribution in [-0.4, -0.2) is 18.2 Å². The molecule has 0 heterocycles. The van der Waals surface area contributed by atoms with Crippen LogP contribution in [0.4, 0.5) is 5.69 Å². The Kier molecular flexibility index (Phi) is 6.94. The highest BCUT2D eigenvalue weighted by Crippen LogP contribution is 2.20. The van der Waals surface area contributed by atoms with E-state index in [9.17, 15) is 9.59 Å². The zero-order valence-electron chi connectivity index (χ0n) is 18.9. The molecule has 0 atom stereocenters. The molecular weight excluding hydrogens is 426 g/mol. The lowest BCUT2D eigenvalue weighted by molar-refractivity contribution is 0.0725. The second-order valence-electron chi connectivity index (χ2n) is 7.83. The molecule has 0 aliphatic rings. The maximum atomic E-state index is 12.2. The van der Waals surface area contributed by atoms with Gasteiger partial charge in [0.1, 0.15) is 11.5 Å². The first-order valence-electron chi connectivity index (χ1n) is 10.8. The van der Waals surface area contributed by atoms with E-state index in [0.717, 1.165) is 16.7 Å². The average molecular weight is 450 g/mol. The Labute approximate surface area is 198 Å². The number of ether oxygens (including phenoxy) is 2. The van der Waals surface area contributed by atoms with E-state index in [2.05, 4.69) is 4.99 Å². The van der Waals surface area contributed by atoms with Crippen molar-refractivity contribution >= 4 is 23.8 Å². The summed E-state index contributed by atoms with van der Waals surface area (Å²) in [5, 5.41) is 0. The highest BCUT2D eigenvalue weighted by atomic mass is 16.5. The van der Waals surface area contributed by atoms with E-state index >= 15 is 0 Å². The number of rotatable bonds is 6. The number of nitrogens with zero attached hydrogens (tertiary/aromatic N) is 1. The Morgan fingerprint density at radius 1 is 0.588 bits per heavy atom. The molecule has 0 amide bonds. The van der Waals surface area contributed by atoms with Gasteiger partial charge in [-0.25, -0.2) is 9.59 Å². The smallest absolute Gasteiger partial charge is 0.343 e. The van der Waals surface area contributed by atoms with E-state index in [4.69, 9.17) is 9.47 Å². The van der Waals surface area contributed by atoms with Gasteiger partial charge in [0, 0.05) is 6.21 Å². The number of hydrogen-bond acceptors (Lipinski definition) is 5. The number of aliphatic imine (C=N–C) groups is 1. The van der Waals surface area contributed by atoms with Gasteiger partial charge in [0.25, 0.3) is 0 Å². The van der Waals surface area contributed by atoms with Gasteiger partial charge < -0.3 is 9.47 Å². The Hall–Kier alpha value is -4.51. The van der Waals surface area contributed by atoms with Crippen LogP contribution in [0.15, 0.2) is 102 Å². The molecule has 0 aliphatic carbocycles. The molecule has 0 N–H and O–H groups in total. The van der Waals surface area contributed by atoms with Gasteiger partial charge in [-0.3, -0.25) is 4.99 Å². The maximum Gasteiger partial charge on any atom is 0.343 e. The van der Waals surface area contributed by atoms with Crippen LogP contribution in [0.3, 0.4) is 0 Å². The zero-order chi connectivity index (χ0) is 23.9.